The third-order valence-corrected chi connectivity index (χ3v) is 15.7. The number of aliphatic imine (C=N–C) groups is 1. The van der Waals surface area contributed by atoms with Crippen molar-refractivity contribution >= 4 is 136 Å². The second-order valence-electron chi connectivity index (χ2n) is 16.8. The molecule has 0 amide bonds. The number of carboxylic acids is 1. The summed E-state index contributed by atoms with van der Waals surface area (Å²) in [5.41, 5.74) is -6.96. The quantitative estimate of drug-likeness (QED) is 0.0226. The molecule has 0 aliphatic heterocycles. The Hall–Kier alpha value is -3.26. The van der Waals surface area contributed by atoms with Crippen molar-refractivity contribution < 1.29 is 272 Å². The first-order chi connectivity index (χ1) is 38.1. The SMILES string of the molecule is CC([O-])=Nc1ccc2c([O-])c(N=Nc3c([O-])cc(N=Nc4ccc(C=Cc5ccc(-n6[n-]c(C)c(N=Nc7ccc(S(=O)(=O)[O-])cc7C(=O)[O-])c6=O)cc5S(=O)(=O)O)c(S(=O)(=O)[O-])c4)c4cc(S(=O)(=O)[O-])ccc34)c(S(=O)(=O)O)cc2c1.[Cu+2].[Cu+2].[Na+].[Na+].[Na+].[Na+].[Na+]. The molecule has 8 rings (SSSR count). The van der Waals surface area contributed by atoms with Crippen molar-refractivity contribution in [2.75, 3.05) is 0 Å². The van der Waals surface area contributed by atoms with Gasteiger partial charge in [-0.25, -0.2) is 25.3 Å². The Balaban J connectivity index is 0.00000566. The van der Waals surface area contributed by atoms with E-state index in [9.17, 15) is 94.9 Å². The Labute approximate surface area is 635 Å². The molecule has 0 aliphatic carbocycles. The van der Waals surface area contributed by atoms with E-state index in [1.165, 1.54) is 25.1 Å². The van der Waals surface area contributed by atoms with Crippen molar-refractivity contribution in [3.05, 3.63) is 136 Å². The zero-order chi connectivity index (χ0) is 60.2. The van der Waals surface area contributed by atoms with Gasteiger partial charge in [-0.3, -0.25) is 18.9 Å². The number of hydrogen-bond donors (Lipinski definition) is 2. The summed E-state index contributed by atoms with van der Waals surface area (Å²) < 4.78 is 180. The van der Waals surface area contributed by atoms with E-state index in [-0.39, 0.29) is 226 Å². The number of carbonyl (C=O) groups excluding carboxylic acids is 1. The van der Waals surface area contributed by atoms with Gasteiger partial charge in [0.15, 0.2) is 0 Å². The van der Waals surface area contributed by atoms with Gasteiger partial charge < -0.3 is 48.7 Å². The number of carbonyl (C=O) groups is 1. The average Bonchev–Trinajstić information content (AvgIpc) is 2.36. The predicted octanol–water partition coefficient (Wildman–Crippen LogP) is -11.0. The van der Waals surface area contributed by atoms with Crippen LogP contribution in [0, 0.1) is 6.92 Å². The van der Waals surface area contributed by atoms with Gasteiger partial charge in [-0.2, -0.15) is 27.1 Å². The molecule has 7 aromatic carbocycles. The van der Waals surface area contributed by atoms with Gasteiger partial charge >= 0.3 is 182 Å². The molecule has 8 aromatic rings. The second kappa shape index (κ2) is 32.7. The van der Waals surface area contributed by atoms with Gasteiger partial charge in [-0.1, -0.05) is 54.8 Å². The minimum Gasteiger partial charge on any atom is -0.871 e. The predicted molar refractivity (Wildman–Crippen MR) is 272 cm³/mol. The Kier molecular flexibility index (Phi) is 30.8. The summed E-state index contributed by atoms with van der Waals surface area (Å²) in [6, 6.07) is 15.1. The molecular formula is C47H27Cu2N9Na5O21S5+. The number of benzene rings is 7. The average molecular weight is 1460 g/mol. The van der Waals surface area contributed by atoms with Crippen LogP contribution in [0.15, 0.2) is 168 Å². The van der Waals surface area contributed by atoms with Gasteiger partial charge in [0.1, 0.15) is 45.8 Å². The Morgan fingerprint density at radius 3 is 1.64 bits per heavy atom. The van der Waals surface area contributed by atoms with E-state index in [1.807, 2.05) is 0 Å². The third kappa shape index (κ3) is 19.7. The van der Waals surface area contributed by atoms with E-state index >= 15 is 0 Å². The van der Waals surface area contributed by atoms with Gasteiger partial charge in [0.2, 0.25) is 0 Å². The maximum absolute atomic E-state index is 13.7. The first-order valence-corrected chi connectivity index (χ1v) is 29.1. The van der Waals surface area contributed by atoms with Crippen molar-refractivity contribution in [3.8, 4) is 17.2 Å². The fourth-order valence-corrected chi connectivity index (χ4v) is 10.8. The largest absolute Gasteiger partial charge is 2.00 e. The number of carboxylic acid groups (broad SMARTS) is 1. The van der Waals surface area contributed by atoms with E-state index in [0.29, 0.717) is 22.9 Å². The van der Waals surface area contributed by atoms with Crippen LogP contribution in [0.25, 0.3) is 39.4 Å². The summed E-state index contributed by atoms with van der Waals surface area (Å²) in [6.07, 6.45) is 1.87. The van der Waals surface area contributed by atoms with Crippen LogP contribution in [0.1, 0.15) is 34.1 Å². The summed E-state index contributed by atoms with van der Waals surface area (Å²) >= 11 is 0. The fraction of sp³-hybridized carbons (Fsp3) is 0.0426. The number of hydrogen-bond acceptors (Lipinski definition) is 26. The number of aromatic carboxylic acids is 1. The number of azo groups is 3. The van der Waals surface area contributed by atoms with E-state index < -0.39 is 149 Å². The van der Waals surface area contributed by atoms with Crippen molar-refractivity contribution in [1.29, 1.82) is 0 Å². The summed E-state index contributed by atoms with van der Waals surface area (Å²) in [4.78, 5) is 24.0. The van der Waals surface area contributed by atoms with Gasteiger partial charge in [0.05, 0.1) is 54.8 Å². The van der Waals surface area contributed by atoms with Crippen molar-refractivity contribution in [2.24, 2.45) is 35.7 Å². The normalized spacial score (nSPS) is 12.2. The number of fused-ring (bicyclic) bond motifs is 2. The first kappa shape index (κ1) is 83.8. The van der Waals surface area contributed by atoms with Crippen LogP contribution in [-0.4, -0.2) is 81.4 Å². The Bertz CT molecular complexity index is 4940. The van der Waals surface area contributed by atoms with Crippen molar-refractivity contribution in [3.63, 3.8) is 0 Å². The van der Waals surface area contributed by atoms with Gasteiger partial charge in [0.25, 0.3) is 25.8 Å². The molecule has 1 aromatic heterocycles. The molecule has 30 nitrogen and oxygen atoms in total. The number of rotatable bonds is 16. The molecule has 0 aliphatic rings. The molecule has 0 saturated heterocycles. The van der Waals surface area contributed by atoms with Gasteiger partial charge in [-0.05, 0) is 114 Å². The Morgan fingerprint density at radius 2 is 1.07 bits per heavy atom. The molecule has 0 fully saturated rings. The summed E-state index contributed by atoms with van der Waals surface area (Å²) in [7, 11) is -26.3. The summed E-state index contributed by atoms with van der Waals surface area (Å²) in [5, 5.41) is 76.0. The van der Waals surface area contributed by atoms with Crippen LogP contribution in [-0.2, 0) is 84.7 Å². The van der Waals surface area contributed by atoms with Crippen LogP contribution >= 0.6 is 0 Å². The van der Waals surface area contributed by atoms with Crippen LogP contribution in [0.5, 0.6) is 11.5 Å². The smallest absolute Gasteiger partial charge is 0.871 e. The monoisotopic (exact) mass is 1450 g/mol. The zero-order valence-corrected chi connectivity index (χ0v) is 62.3. The summed E-state index contributed by atoms with van der Waals surface area (Å²) in [5.74, 6) is -4.83. The molecule has 2 radical (unpaired) electrons. The van der Waals surface area contributed by atoms with Crippen LogP contribution in [0.2, 0.25) is 0 Å². The standard InChI is InChI=1S/C47H35N9O21S5.2Cu.5Na/c1-22-42(52-50-36-14-11-31(79(66,67)68)20-35(36)47(61)62)46(60)56(55-22)29-9-6-25(40(18-29)81(72,73)74)4-3-24-5-7-28(17-39(24)80(69,70)71)49-51-37-21-38(58)43(33-13-10-30(19-34(33)37)78(63,64)65)53-54-44-41(82(75,76)77)16-26-15-27(48-23(2)57)8-12-32(26)45(44)59;;;;;;;/h3-21H,1-2H3,(H10,48,49,50,51,52,53,54,55,57,58,59,60,61,62,63,64,65,66,67,68,69,70,71,72,73,74,75,76,77);;;;;;;/q;2*+2;5*+1/p-8. The molecule has 442 valence electrons. The molecule has 0 unspecified atom stereocenters. The van der Waals surface area contributed by atoms with E-state index in [4.69, 9.17) is 0 Å². The van der Waals surface area contributed by atoms with E-state index in [2.05, 4.69) is 40.8 Å². The van der Waals surface area contributed by atoms with E-state index in [1.54, 1.807) is 0 Å². The minimum atomic E-state index is -5.47. The van der Waals surface area contributed by atoms with Crippen LogP contribution < -0.4 is 179 Å². The zero-order valence-electron chi connectivity index (χ0n) is 46.3. The molecule has 0 saturated carbocycles. The van der Waals surface area contributed by atoms with Crippen LogP contribution in [0.4, 0.5) is 39.8 Å². The van der Waals surface area contributed by atoms with Gasteiger partial charge in [0, 0.05) is 22.0 Å². The summed E-state index contributed by atoms with van der Waals surface area (Å²) in [6.45, 7) is 2.38. The Morgan fingerprint density at radius 1 is 0.539 bits per heavy atom. The topological polar surface area (TPSA) is 512 Å². The molecule has 0 atom stereocenters. The molecule has 0 spiro atoms. The number of nitrogens with zero attached hydrogens (tertiary/aromatic N) is 9. The first-order valence-electron chi connectivity index (χ1n) is 22.0. The molecule has 0 bridgehead atoms. The maximum Gasteiger partial charge on any atom is 2.00 e. The molecule has 89 heavy (non-hydrogen) atoms. The minimum absolute atomic E-state index is 0. The number of aryl methyl sites for hydroxylation is 1. The maximum atomic E-state index is 13.7. The third-order valence-electron chi connectivity index (χ3n) is 11.4. The van der Waals surface area contributed by atoms with Crippen molar-refractivity contribution in [2.45, 2.75) is 38.3 Å². The number of aromatic nitrogens is 2. The molecule has 42 heteroatoms. The van der Waals surface area contributed by atoms with Crippen molar-refractivity contribution in [1.82, 2.24) is 9.78 Å². The molecule has 1 heterocycles. The van der Waals surface area contributed by atoms with Crippen LogP contribution in [0.3, 0.4) is 0 Å². The van der Waals surface area contributed by atoms with E-state index in [0.717, 1.165) is 85.8 Å². The second-order valence-corrected chi connectivity index (χ2v) is 23.7. The molecule has 2 N–H and O–H groups in total. The molecular weight excluding hydrogens is 1430 g/mol. The van der Waals surface area contributed by atoms with Gasteiger partial charge in [-0.15, -0.1) is 26.2 Å². The fourth-order valence-electron chi connectivity index (χ4n) is 7.71.